The van der Waals surface area contributed by atoms with E-state index in [9.17, 15) is 14.7 Å². The second-order valence-corrected chi connectivity index (χ2v) is 8.65. The molecule has 3 N–H and O–H groups in total. The number of nitrogens with one attached hydrogen (secondary N) is 2. The van der Waals surface area contributed by atoms with Crippen molar-refractivity contribution in [3.8, 4) is 11.5 Å². The highest BCUT2D eigenvalue weighted by Gasteiger charge is 2.29. The number of fused-ring (bicyclic) bond motifs is 1. The van der Waals surface area contributed by atoms with Gasteiger partial charge < -0.3 is 25.0 Å². The third-order valence-electron chi connectivity index (χ3n) is 6.02. The minimum Gasteiger partial charge on any atom is -0.505 e. The highest BCUT2D eigenvalue weighted by atomic mass is 16.5. The Balaban J connectivity index is 1.88. The zero-order chi connectivity index (χ0) is 25.0. The van der Waals surface area contributed by atoms with Crippen molar-refractivity contribution < 1.29 is 19.4 Å². The number of phenols is 1. The van der Waals surface area contributed by atoms with Gasteiger partial charge in [0.1, 0.15) is 17.3 Å². The molecule has 1 aliphatic heterocycles. The average molecular weight is 467 g/mol. The quantitative estimate of drug-likeness (QED) is 0.462. The number of amides is 1. The van der Waals surface area contributed by atoms with Gasteiger partial charge in [-0.25, -0.2) is 0 Å². The molecule has 1 amide bonds. The molecule has 1 heterocycles. The fourth-order valence-corrected chi connectivity index (χ4v) is 4.15. The van der Waals surface area contributed by atoms with Crippen LogP contribution in [0.15, 0.2) is 24.3 Å². The van der Waals surface area contributed by atoms with E-state index in [1.807, 2.05) is 21.0 Å². The van der Waals surface area contributed by atoms with Crippen LogP contribution in [0, 0.1) is 5.41 Å². The first-order valence-electron chi connectivity index (χ1n) is 11.6. The summed E-state index contributed by atoms with van der Waals surface area (Å²) in [5.41, 5.74) is 3.71. The van der Waals surface area contributed by atoms with E-state index < -0.39 is 0 Å². The Kier molecular flexibility index (Phi) is 7.81. The second kappa shape index (κ2) is 10.6. The van der Waals surface area contributed by atoms with E-state index >= 15 is 0 Å². The number of phenolic OH excluding ortho intramolecular Hbond substituents is 1. The summed E-state index contributed by atoms with van der Waals surface area (Å²) in [5, 5.41) is 21.9. The molecule has 2 aromatic rings. The van der Waals surface area contributed by atoms with E-state index in [1.54, 1.807) is 41.1 Å². The number of amidine groups is 1. The molecule has 1 aliphatic rings. The minimum absolute atomic E-state index is 0.0254. The predicted molar refractivity (Wildman–Crippen MR) is 134 cm³/mol. The number of aromatic hydroxyl groups is 1. The monoisotopic (exact) mass is 466 g/mol. The number of rotatable bonds is 10. The van der Waals surface area contributed by atoms with E-state index in [0.717, 1.165) is 24.0 Å². The molecule has 0 saturated heterocycles. The molecule has 0 spiro atoms. The fourth-order valence-electron chi connectivity index (χ4n) is 4.15. The van der Waals surface area contributed by atoms with Crippen LogP contribution in [-0.2, 0) is 13.0 Å². The highest BCUT2D eigenvalue weighted by Crippen LogP contribution is 2.34. The molecule has 34 heavy (non-hydrogen) atoms. The van der Waals surface area contributed by atoms with Crippen LogP contribution in [0.1, 0.15) is 64.1 Å². The number of carbonyl (C=O) groups is 2. The Morgan fingerprint density at radius 3 is 2.56 bits per heavy atom. The Morgan fingerprint density at radius 2 is 1.94 bits per heavy atom. The SMILES string of the molecule is CCCCc1cc(C(=O)CN2Cc3cc(OCC)c(C(=O)NC)cc3C2=N)cc(N(C)C)c1O. The maximum Gasteiger partial charge on any atom is 0.254 e. The van der Waals surface area contributed by atoms with E-state index in [1.165, 1.54) is 0 Å². The van der Waals surface area contributed by atoms with Crippen LogP contribution < -0.4 is 15.0 Å². The third kappa shape index (κ3) is 5.00. The molecule has 3 rings (SSSR count). The lowest BCUT2D eigenvalue weighted by atomic mass is 10.00. The lowest BCUT2D eigenvalue weighted by Gasteiger charge is -2.20. The average Bonchev–Trinajstić information content (AvgIpc) is 3.11. The van der Waals surface area contributed by atoms with E-state index in [0.29, 0.717) is 47.7 Å². The van der Waals surface area contributed by atoms with Crippen molar-refractivity contribution in [3.05, 3.63) is 52.1 Å². The first-order valence-corrected chi connectivity index (χ1v) is 11.6. The molecule has 182 valence electrons. The van der Waals surface area contributed by atoms with Gasteiger partial charge in [0.15, 0.2) is 5.78 Å². The van der Waals surface area contributed by atoms with Crippen LogP contribution >= 0.6 is 0 Å². The molecule has 8 nitrogen and oxygen atoms in total. The van der Waals surface area contributed by atoms with Crippen molar-refractivity contribution in [3.63, 3.8) is 0 Å². The Bertz CT molecular complexity index is 1110. The van der Waals surface area contributed by atoms with Gasteiger partial charge in [0.05, 0.1) is 24.4 Å². The van der Waals surface area contributed by atoms with Crippen LogP contribution in [-0.4, -0.2) is 61.8 Å². The summed E-state index contributed by atoms with van der Waals surface area (Å²) < 4.78 is 5.65. The third-order valence-corrected chi connectivity index (χ3v) is 6.02. The molecular weight excluding hydrogens is 432 g/mol. The largest absolute Gasteiger partial charge is 0.505 e. The number of Topliss-reactive ketones (excluding diaryl/α,β-unsaturated/α-hetero) is 1. The maximum absolute atomic E-state index is 13.3. The second-order valence-electron chi connectivity index (χ2n) is 8.65. The van der Waals surface area contributed by atoms with Gasteiger partial charge >= 0.3 is 0 Å². The van der Waals surface area contributed by atoms with Crippen molar-refractivity contribution in [2.45, 2.75) is 39.7 Å². The van der Waals surface area contributed by atoms with Gasteiger partial charge in [-0.15, -0.1) is 0 Å². The minimum atomic E-state index is -0.284. The molecule has 0 aromatic heterocycles. The summed E-state index contributed by atoms with van der Waals surface area (Å²) in [6.07, 6.45) is 2.59. The highest BCUT2D eigenvalue weighted by molar-refractivity contribution is 6.07. The molecular formula is C26H34N4O4. The van der Waals surface area contributed by atoms with Crippen molar-refractivity contribution in [1.29, 1.82) is 5.41 Å². The van der Waals surface area contributed by atoms with Gasteiger partial charge in [0.2, 0.25) is 0 Å². The van der Waals surface area contributed by atoms with Gasteiger partial charge in [-0.1, -0.05) is 13.3 Å². The summed E-state index contributed by atoms with van der Waals surface area (Å²) in [5.74, 6) is 0.468. The first-order chi connectivity index (χ1) is 16.2. The molecule has 8 heteroatoms. The number of hydrogen-bond acceptors (Lipinski definition) is 6. The van der Waals surface area contributed by atoms with E-state index in [4.69, 9.17) is 10.1 Å². The lowest BCUT2D eigenvalue weighted by Crippen LogP contribution is -2.30. The number of carbonyl (C=O) groups excluding carboxylic acids is 2. The number of aryl methyl sites for hydroxylation is 1. The summed E-state index contributed by atoms with van der Waals surface area (Å²) in [7, 11) is 5.22. The van der Waals surface area contributed by atoms with Crippen molar-refractivity contribution in [2.75, 3.05) is 39.2 Å². The summed E-state index contributed by atoms with van der Waals surface area (Å²) in [6, 6.07) is 6.93. The van der Waals surface area contributed by atoms with Crippen LogP contribution in [0.4, 0.5) is 5.69 Å². The van der Waals surface area contributed by atoms with Crippen LogP contribution in [0.3, 0.4) is 0 Å². The lowest BCUT2D eigenvalue weighted by molar-refractivity contribution is 0.0953. The molecule has 0 aliphatic carbocycles. The Hall–Kier alpha value is -3.55. The standard InChI is InChI=1S/C26H34N4O4/c1-6-8-9-16-10-17(11-21(24(16)32)29(4)5)22(31)15-30-14-18-12-23(34-7-2)20(26(33)28-3)13-19(18)25(30)27/h10-13,27,32H,6-9,14-15H2,1-5H3,(H,28,33). The normalized spacial score (nSPS) is 12.5. The van der Waals surface area contributed by atoms with Gasteiger partial charge in [-0.05, 0) is 55.2 Å². The topological polar surface area (TPSA) is 106 Å². The smallest absolute Gasteiger partial charge is 0.254 e. The molecule has 0 radical (unpaired) electrons. The number of unbranched alkanes of at least 4 members (excludes halogenated alkanes) is 1. The van der Waals surface area contributed by atoms with Gasteiger partial charge in [-0.3, -0.25) is 15.0 Å². The molecule has 0 unspecified atom stereocenters. The zero-order valence-corrected chi connectivity index (χ0v) is 20.6. The molecule has 0 atom stereocenters. The number of ether oxygens (including phenoxy) is 1. The van der Waals surface area contributed by atoms with Crippen LogP contribution in [0.25, 0.3) is 0 Å². The number of nitrogens with zero attached hydrogens (tertiary/aromatic N) is 2. The van der Waals surface area contributed by atoms with E-state index in [2.05, 4.69) is 12.2 Å². The molecule has 0 bridgehead atoms. The molecule has 2 aromatic carbocycles. The van der Waals surface area contributed by atoms with Crippen LogP contribution in [0.2, 0.25) is 0 Å². The Morgan fingerprint density at radius 1 is 1.21 bits per heavy atom. The fraction of sp³-hybridized carbons (Fsp3) is 0.423. The van der Waals surface area contributed by atoms with E-state index in [-0.39, 0.29) is 29.8 Å². The van der Waals surface area contributed by atoms with Gasteiger partial charge in [-0.2, -0.15) is 0 Å². The van der Waals surface area contributed by atoms with Crippen LogP contribution in [0.5, 0.6) is 11.5 Å². The zero-order valence-electron chi connectivity index (χ0n) is 20.6. The number of hydrogen-bond donors (Lipinski definition) is 3. The number of benzene rings is 2. The number of ketones is 1. The molecule has 0 fully saturated rings. The van der Waals surface area contributed by atoms with Crippen molar-refractivity contribution >= 4 is 23.2 Å². The Labute approximate surface area is 201 Å². The van der Waals surface area contributed by atoms with Gasteiger partial charge in [0, 0.05) is 38.8 Å². The molecule has 0 saturated carbocycles. The predicted octanol–water partition coefficient (Wildman–Crippen LogP) is 3.58. The van der Waals surface area contributed by atoms with Crippen molar-refractivity contribution in [2.24, 2.45) is 0 Å². The summed E-state index contributed by atoms with van der Waals surface area (Å²) >= 11 is 0. The van der Waals surface area contributed by atoms with Gasteiger partial charge in [0.25, 0.3) is 5.91 Å². The summed E-state index contributed by atoms with van der Waals surface area (Å²) in [6.45, 7) is 4.76. The maximum atomic E-state index is 13.3. The number of anilines is 1. The summed E-state index contributed by atoms with van der Waals surface area (Å²) in [4.78, 5) is 29.1. The first kappa shape index (κ1) is 25.1. The van der Waals surface area contributed by atoms with Crippen molar-refractivity contribution in [1.82, 2.24) is 10.2 Å².